The number of nitrogens with one attached hydrogen (secondary N) is 1. The number of aliphatic hydroxyl groups excluding tert-OH is 1. The van der Waals surface area contributed by atoms with Gasteiger partial charge in [0.05, 0.1) is 13.2 Å². The zero-order valence-corrected chi connectivity index (χ0v) is 19.5. The first kappa shape index (κ1) is 24.4. The van der Waals surface area contributed by atoms with E-state index in [1.165, 1.54) is 4.90 Å². The highest BCUT2D eigenvalue weighted by molar-refractivity contribution is 6.06. The van der Waals surface area contributed by atoms with Crippen molar-refractivity contribution in [2.75, 3.05) is 36.5 Å². The van der Waals surface area contributed by atoms with Crippen molar-refractivity contribution in [1.29, 1.82) is 0 Å². The van der Waals surface area contributed by atoms with Gasteiger partial charge in [-0.3, -0.25) is 14.5 Å². The fourth-order valence-corrected chi connectivity index (χ4v) is 4.40. The minimum Gasteiger partial charge on any atom is -0.447 e. The van der Waals surface area contributed by atoms with Gasteiger partial charge in [0, 0.05) is 42.4 Å². The van der Waals surface area contributed by atoms with Gasteiger partial charge in [-0.2, -0.15) is 0 Å². The molecule has 1 fully saturated rings. The van der Waals surface area contributed by atoms with Gasteiger partial charge in [0.2, 0.25) is 5.91 Å². The van der Waals surface area contributed by atoms with Crippen LogP contribution in [0.25, 0.3) is 0 Å². The molecule has 0 unspecified atom stereocenters. The average molecular weight is 480 g/mol. The molecule has 2 aromatic carbocycles. The fourth-order valence-electron chi connectivity index (χ4n) is 4.40. The molecule has 9 heteroatoms. The third kappa shape index (κ3) is 4.91. The Morgan fingerprint density at radius 2 is 2.03 bits per heavy atom. The maximum Gasteiger partial charge on any atom is 0.414 e. The second kappa shape index (κ2) is 10.3. The number of anilines is 2. The molecule has 35 heavy (non-hydrogen) atoms. The molecule has 2 aliphatic heterocycles. The Bertz CT molecular complexity index is 1140. The van der Waals surface area contributed by atoms with Crippen LogP contribution in [0.15, 0.2) is 60.7 Å². The van der Waals surface area contributed by atoms with Crippen LogP contribution in [0.4, 0.5) is 16.2 Å². The van der Waals surface area contributed by atoms with Crippen molar-refractivity contribution in [1.82, 2.24) is 4.90 Å². The van der Waals surface area contributed by atoms with E-state index in [2.05, 4.69) is 5.32 Å². The lowest BCUT2D eigenvalue weighted by Crippen LogP contribution is -2.40. The Morgan fingerprint density at radius 1 is 1.26 bits per heavy atom. The fraction of sp³-hybridized carbons (Fsp3) is 0.346. The van der Waals surface area contributed by atoms with Crippen LogP contribution in [-0.2, 0) is 26.5 Å². The minimum absolute atomic E-state index is 0.0569. The van der Waals surface area contributed by atoms with E-state index >= 15 is 0 Å². The van der Waals surface area contributed by atoms with Gasteiger partial charge >= 0.3 is 6.09 Å². The molecule has 184 valence electrons. The average Bonchev–Trinajstić information content (AvgIpc) is 3.40. The number of hydrogen-bond acceptors (Lipinski definition) is 6. The van der Waals surface area contributed by atoms with E-state index in [1.54, 1.807) is 42.2 Å². The number of carbonyl (C=O) groups is 3. The molecule has 2 aromatic rings. The van der Waals surface area contributed by atoms with E-state index in [4.69, 9.17) is 4.74 Å². The molecule has 2 heterocycles. The van der Waals surface area contributed by atoms with Gasteiger partial charge in [-0.25, -0.2) is 4.79 Å². The standard InChI is InChI=1S/C26H29N3O6/c1-18(6-5-9-23(31)28(12-14-30)17-19-7-3-2-4-8-19)26(34)21-16-20(29-13-15-35-25(29)33)10-11-22(21)27-24(26)32/h2-8,10-11,16,18,30,34H,9,12-15,17H2,1H3,(H,27,32)/b6-5+/t18-,26+/m0/s1. The number of benzene rings is 2. The SMILES string of the molecule is C[C@@H](/C=C/CC(=O)N(CCO)Cc1ccccc1)[C@]1(O)C(=O)Nc2ccc(N3CCOC3=O)cc21. The first-order valence-electron chi connectivity index (χ1n) is 11.6. The smallest absolute Gasteiger partial charge is 0.414 e. The summed E-state index contributed by atoms with van der Waals surface area (Å²) >= 11 is 0. The predicted molar refractivity (Wildman–Crippen MR) is 130 cm³/mol. The van der Waals surface area contributed by atoms with Crippen LogP contribution in [0.5, 0.6) is 0 Å². The monoisotopic (exact) mass is 479 g/mol. The normalized spacial score (nSPS) is 20.0. The largest absolute Gasteiger partial charge is 0.447 e. The maximum absolute atomic E-state index is 12.8. The highest BCUT2D eigenvalue weighted by atomic mass is 16.6. The van der Waals surface area contributed by atoms with Crippen molar-refractivity contribution in [3.63, 3.8) is 0 Å². The number of rotatable bonds is 9. The highest BCUT2D eigenvalue weighted by Crippen LogP contribution is 2.43. The minimum atomic E-state index is -1.86. The van der Waals surface area contributed by atoms with E-state index in [1.807, 2.05) is 30.3 Å². The van der Waals surface area contributed by atoms with Crippen LogP contribution >= 0.6 is 0 Å². The van der Waals surface area contributed by atoms with Crippen molar-refractivity contribution in [2.24, 2.45) is 5.92 Å². The number of carbonyl (C=O) groups excluding carboxylic acids is 3. The first-order valence-corrected chi connectivity index (χ1v) is 11.6. The number of amides is 3. The van der Waals surface area contributed by atoms with E-state index in [0.717, 1.165) is 5.56 Å². The Morgan fingerprint density at radius 3 is 2.71 bits per heavy atom. The second-order valence-corrected chi connectivity index (χ2v) is 8.66. The second-order valence-electron chi connectivity index (χ2n) is 8.66. The summed E-state index contributed by atoms with van der Waals surface area (Å²) < 4.78 is 4.99. The number of fused-ring (bicyclic) bond motifs is 1. The van der Waals surface area contributed by atoms with Crippen molar-refractivity contribution >= 4 is 29.3 Å². The predicted octanol–water partition coefficient (Wildman–Crippen LogP) is 2.39. The molecule has 9 nitrogen and oxygen atoms in total. The Balaban J connectivity index is 1.47. The maximum atomic E-state index is 12.8. The van der Waals surface area contributed by atoms with Crippen LogP contribution in [0, 0.1) is 5.92 Å². The third-order valence-electron chi connectivity index (χ3n) is 6.40. The molecule has 0 aliphatic carbocycles. The van der Waals surface area contributed by atoms with E-state index < -0.39 is 23.5 Å². The first-order chi connectivity index (χ1) is 16.8. The summed E-state index contributed by atoms with van der Waals surface area (Å²) in [5.41, 5.74) is 0.478. The summed E-state index contributed by atoms with van der Waals surface area (Å²) in [6, 6.07) is 14.5. The molecule has 0 bridgehead atoms. The number of aliphatic hydroxyl groups is 2. The van der Waals surface area contributed by atoms with Crippen LogP contribution in [0.2, 0.25) is 0 Å². The highest BCUT2D eigenvalue weighted by Gasteiger charge is 2.49. The molecular weight excluding hydrogens is 450 g/mol. The van der Waals surface area contributed by atoms with Crippen LogP contribution in [-0.4, -0.2) is 59.3 Å². The van der Waals surface area contributed by atoms with Gasteiger partial charge in [0.25, 0.3) is 5.91 Å². The van der Waals surface area contributed by atoms with Gasteiger partial charge in [-0.1, -0.05) is 49.4 Å². The summed E-state index contributed by atoms with van der Waals surface area (Å²) in [6.07, 6.45) is 2.86. The van der Waals surface area contributed by atoms with Gasteiger partial charge < -0.3 is 25.2 Å². The lowest BCUT2D eigenvalue weighted by molar-refractivity contribution is -0.137. The molecular formula is C26H29N3O6. The van der Waals surface area contributed by atoms with Crippen LogP contribution in [0.1, 0.15) is 24.5 Å². The van der Waals surface area contributed by atoms with Gasteiger partial charge in [0.1, 0.15) is 6.61 Å². The summed E-state index contributed by atoms with van der Waals surface area (Å²) in [6.45, 7) is 2.80. The van der Waals surface area contributed by atoms with Crippen LogP contribution in [0.3, 0.4) is 0 Å². The molecule has 0 radical (unpaired) electrons. The number of ether oxygens (including phenoxy) is 1. The van der Waals surface area contributed by atoms with E-state index in [9.17, 15) is 24.6 Å². The van der Waals surface area contributed by atoms with Gasteiger partial charge in [-0.05, 0) is 23.8 Å². The van der Waals surface area contributed by atoms with Gasteiger partial charge in [-0.15, -0.1) is 0 Å². The molecule has 3 N–H and O–H groups in total. The zero-order valence-electron chi connectivity index (χ0n) is 19.5. The van der Waals surface area contributed by atoms with Crippen molar-refractivity contribution in [2.45, 2.75) is 25.5 Å². The molecule has 2 atom stereocenters. The molecule has 0 spiro atoms. The quantitative estimate of drug-likeness (QED) is 0.475. The Labute approximate surface area is 203 Å². The number of cyclic esters (lactones) is 1. The number of nitrogens with zero attached hydrogens (tertiary/aromatic N) is 2. The van der Waals surface area contributed by atoms with Crippen LogP contribution < -0.4 is 10.2 Å². The lowest BCUT2D eigenvalue weighted by atomic mass is 9.82. The van der Waals surface area contributed by atoms with Crippen molar-refractivity contribution in [3.8, 4) is 0 Å². The third-order valence-corrected chi connectivity index (χ3v) is 6.40. The van der Waals surface area contributed by atoms with Crippen molar-refractivity contribution in [3.05, 3.63) is 71.8 Å². The molecule has 2 aliphatic rings. The summed E-state index contributed by atoms with van der Waals surface area (Å²) in [5, 5.41) is 23.5. The topological polar surface area (TPSA) is 119 Å². The molecule has 1 saturated heterocycles. The molecule has 3 amide bonds. The van der Waals surface area contributed by atoms with Gasteiger partial charge in [0.15, 0.2) is 5.60 Å². The Kier molecular flexibility index (Phi) is 7.18. The molecule has 0 aromatic heterocycles. The zero-order chi connectivity index (χ0) is 25.0. The molecule has 4 rings (SSSR count). The van der Waals surface area contributed by atoms with E-state index in [0.29, 0.717) is 30.0 Å². The Hall–Kier alpha value is -3.69. The van der Waals surface area contributed by atoms with Crippen molar-refractivity contribution < 1.29 is 29.3 Å². The number of hydrogen-bond donors (Lipinski definition) is 3. The lowest BCUT2D eigenvalue weighted by Gasteiger charge is -2.27. The summed E-state index contributed by atoms with van der Waals surface area (Å²) in [7, 11) is 0. The van der Waals surface area contributed by atoms with E-state index in [-0.39, 0.29) is 32.1 Å². The molecule has 0 saturated carbocycles. The summed E-state index contributed by atoms with van der Waals surface area (Å²) in [5.74, 6) is -1.40. The summed E-state index contributed by atoms with van der Waals surface area (Å²) in [4.78, 5) is 40.5.